The van der Waals surface area contributed by atoms with E-state index in [4.69, 9.17) is 0 Å². The zero-order chi connectivity index (χ0) is 16.2. The van der Waals surface area contributed by atoms with Crippen LogP contribution in [0.2, 0.25) is 0 Å². The highest BCUT2D eigenvalue weighted by molar-refractivity contribution is 7.89. The summed E-state index contributed by atoms with van der Waals surface area (Å²) in [4.78, 5) is 10.2. The Bertz CT molecular complexity index is 587. The predicted molar refractivity (Wildman–Crippen MR) is 81.5 cm³/mol. The minimum absolute atomic E-state index is 0.0296. The lowest BCUT2D eigenvalue weighted by atomic mass is 10.2. The molecule has 118 valence electrons. The van der Waals surface area contributed by atoms with Crippen molar-refractivity contribution >= 4 is 15.7 Å². The molecule has 0 atom stereocenters. The summed E-state index contributed by atoms with van der Waals surface area (Å²) in [5, 5.41) is 10.8. The van der Waals surface area contributed by atoms with Crippen molar-refractivity contribution in [3.8, 4) is 0 Å². The van der Waals surface area contributed by atoms with Gasteiger partial charge in [-0.3, -0.25) is 10.1 Å². The van der Waals surface area contributed by atoms with Gasteiger partial charge in [0.25, 0.3) is 5.69 Å². The van der Waals surface area contributed by atoms with Crippen LogP contribution in [0.5, 0.6) is 0 Å². The van der Waals surface area contributed by atoms with Crippen LogP contribution in [0.15, 0.2) is 29.2 Å². The number of benzene rings is 1. The molecule has 1 aromatic rings. The summed E-state index contributed by atoms with van der Waals surface area (Å²) in [6.45, 7) is 8.55. The van der Waals surface area contributed by atoms with E-state index >= 15 is 0 Å². The molecule has 0 saturated heterocycles. The molecule has 0 aliphatic carbocycles. The molecule has 0 bridgehead atoms. The van der Waals surface area contributed by atoms with E-state index in [2.05, 4.69) is 0 Å². The first-order valence-corrected chi connectivity index (χ1v) is 8.33. The van der Waals surface area contributed by atoms with Gasteiger partial charge in [0.2, 0.25) is 10.0 Å². The van der Waals surface area contributed by atoms with E-state index in [1.807, 2.05) is 27.7 Å². The zero-order valence-electron chi connectivity index (χ0n) is 12.8. The highest BCUT2D eigenvalue weighted by atomic mass is 32.2. The van der Waals surface area contributed by atoms with Crippen molar-refractivity contribution < 1.29 is 13.3 Å². The number of hydrogen-bond acceptors (Lipinski definition) is 4. The molecule has 0 aromatic heterocycles. The molecule has 0 aliphatic rings. The number of nitro groups is 1. The molecule has 6 nitrogen and oxygen atoms in total. The summed E-state index contributed by atoms with van der Waals surface area (Å²) in [7, 11) is -3.72. The highest BCUT2D eigenvalue weighted by Gasteiger charge is 2.27. The molecular formula is C14H22N2O4S. The monoisotopic (exact) mass is 314 g/mol. The third kappa shape index (κ3) is 4.78. The normalized spacial score (nSPS) is 12.3. The number of rotatable bonds is 7. The first-order chi connectivity index (χ1) is 9.64. The molecule has 0 amide bonds. The maximum absolute atomic E-state index is 12.7. The first kappa shape index (κ1) is 17.6. The van der Waals surface area contributed by atoms with Gasteiger partial charge in [-0.1, -0.05) is 33.8 Å². The maximum Gasteiger partial charge on any atom is 0.270 e. The minimum Gasteiger partial charge on any atom is -0.258 e. The van der Waals surface area contributed by atoms with Gasteiger partial charge >= 0.3 is 0 Å². The second-order valence-electron chi connectivity index (χ2n) is 5.86. The van der Waals surface area contributed by atoms with E-state index in [1.54, 1.807) is 0 Å². The van der Waals surface area contributed by atoms with Gasteiger partial charge in [0, 0.05) is 25.2 Å². The Balaban J connectivity index is 3.21. The zero-order valence-corrected chi connectivity index (χ0v) is 13.6. The predicted octanol–water partition coefficient (Wildman–Crippen LogP) is 2.90. The van der Waals surface area contributed by atoms with Gasteiger partial charge in [-0.25, -0.2) is 8.42 Å². The van der Waals surface area contributed by atoms with Crippen molar-refractivity contribution in [3.05, 3.63) is 34.4 Å². The quantitative estimate of drug-likeness (QED) is 0.572. The summed E-state index contributed by atoms with van der Waals surface area (Å²) in [5.41, 5.74) is -0.217. The average molecular weight is 314 g/mol. The van der Waals surface area contributed by atoms with Crippen LogP contribution in [0.3, 0.4) is 0 Å². The topological polar surface area (TPSA) is 80.5 Å². The molecule has 0 saturated carbocycles. The van der Waals surface area contributed by atoms with Crippen molar-refractivity contribution in [2.24, 2.45) is 11.8 Å². The van der Waals surface area contributed by atoms with E-state index in [0.29, 0.717) is 13.1 Å². The fourth-order valence-corrected chi connectivity index (χ4v) is 3.80. The van der Waals surface area contributed by atoms with Gasteiger partial charge < -0.3 is 0 Å². The molecule has 0 aliphatic heterocycles. The van der Waals surface area contributed by atoms with Gasteiger partial charge in [0.05, 0.1) is 9.82 Å². The van der Waals surface area contributed by atoms with Crippen molar-refractivity contribution in [3.63, 3.8) is 0 Å². The van der Waals surface area contributed by atoms with Crippen molar-refractivity contribution in [2.45, 2.75) is 32.6 Å². The summed E-state index contributed by atoms with van der Waals surface area (Å²) in [5.74, 6) is 0.356. The Labute approximate surface area is 126 Å². The van der Waals surface area contributed by atoms with Gasteiger partial charge in [0.15, 0.2) is 0 Å². The van der Waals surface area contributed by atoms with Crippen LogP contribution in [0.1, 0.15) is 27.7 Å². The third-order valence-electron chi connectivity index (χ3n) is 2.80. The molecule has 0 N–H and O–H groups in total. The Kier molecular flexibility index (Phi) is 5.86. The van der Waals surface area contributed by atoms with Crippen LogP contribution in [0.4, 0.5) is 5.69 Å². The number of non-ortho nitro benzene ring substituents is 1. The van der Waals surface area contributed by atoms with Crippen molar-refractivity contribution in [2.75, 3.05) is 13.1 Å². The smallest absolute Gasteiger partial charge is 0.258 e. The van der Waals surface area contributed by atoms with Crippen LogP contribution in [0, 0.1) is 22.0 Å². The van der Waals surface area contributed by atoms with Crippen LogP contribution < -0.4 is 0 Å². The minimum atomic E-state index is -3.72. The Hall–Kier alpha value is -1.47. The molecule has 7 heteroatoms. The Morgan fingerprint density at radius 2 is 1.67 bits per heavy atom. The van der Waals surface area contributed by atoms with Gasteiger partial charge in [-0.05, 0) is 17.9 Å². The van der Waals surface area contributed by atoms with Gasteiger partial charge in [-0.2, -0.15) is 4.31 Å². The lowest BCUT2D eigenvalue weighted by Crippen LogP contribution is -2.37. The van der Waals surface area contributed by atoms with Gasteiger partial charge in [-0.15, -0.1) is 0 Å². The average Bonchev–Trinajstić information content (AvgIpc) is 2.37. The van der Waals surface area contributed by atoms with Crippen LogP contribution in [-0.4, -0.2) is 30.7 Å². The standard InChI is InChI=1S/C14H22N2O4S/c1-11(2)9-15(10-12(3)4)21(19,20)14-7-5-6-13(8-14)16(17)18/h5-8,11-12H,9-10H2,1-4H3. The van der Waals surface area contributed by atoms with Crippen LogP contribution >= 0.6 is 0 Å². The molecule has 0 heterocycles. The van der Waals surface area contributed by atoms with E-state index < -0.39 is 14.9 Å². The van der Waals surface area contributed by atoms with E-state index in [9.17, 15) is 18.5 Å². The fourth-order valence-electron chi connectivity index (χ4n) is 1.99. The number of sulfonamides is 1. The number of nitrogens with zero attached hydrogens (tertiary/aromatic N) is 2. The van der Waals surface area contributed by atoms with E-state index in [1.165, 1.54) is 22.5 Å². The molecule has 1 aromatic carbocycles. The van der Waals surface area contributed by atoms with Gasteiger partial charge in [0.1, 0.15) is 0 Å². The molecule has 0 unspecified atom stereocenters. The second-order valence-corrected chi connectivity index (χ2v) is 7.80. The lowest BCUT2D eigenvalue weighted by molar-refractivity contribution is -0.385. The van der Waals surface area contributed by atoms with Crippen molar-refractivity contribution in [1.82, 2.24) is 4.31 Å². The fraction of sp³-hybridized carbons (Fsp3) is 0.571. The molecular weight excluding hydrogens is 292 g/mol. The Morgan fingerprint density at radius 3 is 2.10 bits per heavy atom. The van der Waals surface area contributed by atoms with Crippen LogP contribution in [0.25, 0.3) is 0 Å². The van der Waals surface area contributed by atoms with E-state index in [0.717, 1.165) is 6.07 Å². The molecule has 21 heavy (non-hydrogen) atoms. The Morgan fingerprint density at radius 1 is 1.14 bits per heavy atom. The molecule has 1 rings (SSSR count). The largest absolute Gasteiger partial charge is 0.270 e. The summed E-state index contributed by atoms with van der Waals surface area (Å²) in [6, 6.07) is 5.20. The lowest BCUT2D eigenvalue weighted by Gasteiger charge is -2.25. The SMILES string of the molecule is CC(C)CN(CC(C)C)S(=O)(=O)c1cccc([N+](=O)[O-])c1. The second kappa shape index (κ2) is 7.00. The third-order valence-corrected chi connectivity index (χ3v) is 4.63. The van der Waals surface area contributed by atoms with Crippen molar-refractivity contribution in [1.29, 1.82) is 0 Å². The first-order valence-electron chi connectivity index (χ1n) is 6.89. The summed E-state index contributed by atoms with van der Waals surface area (Å²) in [6.07, 6.45) is 0. The number of nitro benzene ring substituents is 1. The highest BCUT2D eigenvalue weighted by Crippen LogP contribution is 2.22. The van der Waals surface area contributed by atoms with Crippen LogP contribution in [-0.2, 0) is 10.0 Å². The number of hydrogen-bond donors (Lipinski definition) is 0. The molecule has 0 fully saturated rings. The molecule has 0 radical (unpaired) electrons. The summed E-state index contributed by atoms with van der Waals surface area (Å²) < 4.78 is 26.8. The molecule has 0 spiro atoms. The summed E-state index contributed by atoms with van der Waals surface area (Å²) >= 11 is 0. The van der Waals surface area contributed by atoms with E-state index in [-0.39, 0.29) is 22.4 Å². The maximum atomic E-state index is 12.7.